The van der Waals surface area contributed by atoms with Gasteiger partial charge in [0, 0.05) is 29.4 Å². The topological polar surface area (TPSA) is 115 Å². The molecular formula is C22H20F3N7O. The summed E-state index contributed by atoms with van der Waals surface area (Å²) in [5, 5.41) is 13.7. The third kappa shape index (κ3) is 4.93. The lowest BCUT2D eigenvalue weighted by Gasteiger charge is -2.08. The zero-order valence-electron chi connectivity index (χ0n) is 17.3. The normalized spacial score (nSPS) is 11.2. The fourth-order valence-electron chi connectivity index (χ4n) is 3.33. The van der Waals surface area contributed by atoms with Gasteiger partial charge in [0.15, 0.2) is 0 Å². The second kappa shape index (κ2) is 9.65. The molecule has 0 unspecified atom stereocenters. The predicted molar refractivity (Wildman–Crippen MR) is 115 cm³/mol. The highest BCUT2D eigenvalue weighted by Crippen LogP contribution is 2.33. The minimum atomic E-state index is -2.70. The molecular weight excluding hydrogens is 435 g/mol. The van der Waals surface area contributed by atoms with Gasteiger partial charge >= 0.3 is 0 Å². The van der Waals surface area contributed by atoms with Crippen molar-refractivity contribution < 1.29 is 18.0 Å². The van der Waals surface area contributed by atoms with Crippen LogP contribution in [0.2, 0.25) is 0 Å². The highest BCUT2D eigenvalue weighted by molar-refractivity contribution is 5.81. The number of carbonyl (C=O) groups is 1. The van der Waals surface area contributed by atoms with Gasteiger partial charge in [-0.1, -0.05) is 12.1 Å². The van der Waals surface area contributed by atoms with Crippen LogP contribution in [0.3, 0.4) is 0 Å². The first kappa shape index (κ1) is 22.2. The largest absolute Gasteiger partial charge is 0.353 e. The van der Waals surface area contributed by atoms with Crippen molar-refractivity contribution in [2.45, 2.75) is 13.0 Å². The first-order valence-electron chi connectivity index (χ1n) is 10.0. The average molecular weight is 455 g/mol. The number of aromatic nitrogens is 5. The Bertz CT molecular complexity index is 1270. The fourth-order valence-corrected chi connectivity index (χ4v) is 3.33. The summed E-state index contributed by atoms with van der Waals surface area (Å²) < 4.78 is 42.4. The molecule has 0 aliphatic heterocycles. The van der Waals surface area contributed by atoms with E-state index in [1.54, 1.807) is 29.1 Å². The molecule has 0 bridgehead atoms. The molecule has 11 heteroatoms. The monoisotopic (exact) mass is 455 g/mol. The van der Waals surface area contributed by atoms with Crippen molar-refractivity contribution in [1.82, 2.24) is 30.3 Å². The third-order valence-corrected chi connectivity index (χ3v) is 4.96. The number of halogens is 3. The number of aromatic amines is 1. The summed E-state index contributed by atoms with van der Waals surface area (Å²) in [5.74, 6) is -0.719. The molecule has 0 fully saturated rings. The number of carbonyl (C=O) groups excluding carboxylic acids is 1. The zero-order valence-corrected chi connectivity index (χ0v) is 17.3. The molecule has 0 aliphatic rings. The summed E-state index contributed by atoms with van der Waals surface area (Å²) in [5.41, 5.74) is 7.73. The average Bonchev–Trinajstić information content (AvgIpc) is 3.49. The molecule has 0 aliphatic carbocycles. The summed E-state index contributed by atoms with van der Waals surface area (Å²) in [6.45, 7) is 0.633. The molecule has 3 heterocycles. The molecule has 4 N–H and O–H groups in total. The molecule has 0 spiro atoms. The number of hydrogen-bond acceptors (Lipinski definition) is 5. The summed E-state index contributed by atoms with van der Waals surface area (Å²) in [7, 11) is 0. The number of amides is 1. The number of benzene rings is 1. The van der Waals surface area contributed by atoms with E-state index in [0.29, 0.717) is 46.7 Å². The minimum Gasteiger partial charge on any atom is -0.353 e. The van der Waals surface area contributed by atoms with Gasteiger partial charge < -0.3 is 11.1 Å². The quantitative estimate of drug-likeness (QED) is 0.378. The van der Waals surface area contributed by atoms with E-state index in [4.69, 9.17) is 5.73 Å². The van der Waals surface area contributed by atoms with Gasteiger partial charge in [0.2, 0.25) is 5.91 Å². The van der Waals surface area contributed by atoms with E-state index in [1.165, 1.54) is 30.6 Å². The molecule has 4 aromatic rings. The van der Waals surface area contributed by atoms with Gasteiger partial charge in [-0.3, -0.25) is 14.6 Å². The maximum atomic E-state index is 14.6. The lowest BCUT2D eigenvalue weighted by atomic mass is 9.99. The number of H-pyrrole nitrogens is 1. The predicted octanol–water partition coefficient (Wildman–Crippen LogP) is 3.15. The van der Waals surface area contributed by atoms with Crippen LogP contribution in [0.25, 0.3) is 33.6 Å². The van der Waals surface area contributed by atoms with Gasteiger partial charge in [-0.15, -0.1) is 0 Å². The Morgan fingerprint density at radius 2 is 2.00 bits per heavy atom. The summed E-state index contributed by atoms with van der Waals surface area (Å²) in [6, 6.07) is 8.88. The summed E-state index contributed by atoms with van der Waals surface area (Å²) in [6.07, 6.45) is 2.03. The molecule has 33 heavy (non-hydrogen) atoms. The van der Waals surface area contributed by atoms with Gasteiger partial charge in [0.25, 0.3) is 6.43 Å². The first-order chi connectivity index (χ1) is 16.0. The van der Waals surface area contributed by atoms with E-state index in [-0.39, 0.29) is 18.1 Å². The van der Waals surface area contributed by atoms with Crippen molar-refractivity contribution in [2.24, 2.45) is 5.73 Å². The molecule has 0 radical (unpaired) electrons. The van der Waals surface area contributed by atoms with Crippen LogP contribution in [-0.4, -0.2) is 44.0 Å². The van der Waals surface area contributed by atoms with Crippen LogP contribution in [0.15, 0.2) is 55.0 Å². The van der Waals surface area contributed by atoms with E-state index in [1.807, 2.05) is 0 Å². The van der Waals surface area contributed by atoms with Crippen molar-refractivity contribution in [3.8, 4) is 33.6 Å². The molecule has 8 nitrogen and oxygen atoms in total. The third-order valence-electron chi connectivity index (χ3n) is 4.96. The van der Waals surface area contributed by atoms with E-state index >= 15 is 0 Å². The molecule has 0 saturated carbocycles. The highest BCUT2D eigenvalue weighted by atomic mass is 19.3. The number of pyridine rings is 1. The second-order valence-corrected chi connectivity index (χ2v) is 7.15. The Labute approximate surface area is 186 Å². The van der Waals surface area contributed by atoms with Gasteiger partial charge in [0.1, 0.15) is 11.5 Å². The van der Waals surface area contributed by atoms with Crippen molar-refractivity contribution in [3.63, 3.8) is 0 Å². The maximum absolute atomic E-state index is 14.6. The Balaban J connectivity index is 1.62. The standard InChI is InChI=1S/C22H20F3N7O/c23-17-5-4-13(8-15(17)14-10-29-32(12-14)7-6-27-20(33)9-26)16-11-28-31-21(16)18-2-1-3-19(30-18)22(24)25/h1-5,8,10-12,22H,6-7,9,26H2,(H,27,33)(H,28,31). The molecule has 1 amide bonds. The Kier molecular flexibility index (Phi) is 6.50. The Morgan fingerprint density at radius 3 is 2.79 bits per heavy atom. The van der Waals surface area contributed by atoms with Gasteiger partial charge in [-0.05, 0) is 29.8 Å². The van der Waals surface area contributed by atoms with Crippen LogP contribution in [0.1, 0.15) is 12.1 Å². The number of rotatable bonds is 8. The lowest BCUT2D eigenvalue weighted by Crippen LogP contribution is -2.32. The van der Waals surface area contributed by atoms with Crippen molar-refractivity contribution in [1.29, 1.82) is 0 Å². The van der Waals surface area contributed by atoms with Crippen molar-refractivity contribution in [3.05, 3.63) is 66.5 Å². The molecule has 0 atom stereocenters. The smallest absolute Gasteiger partial charge is 0.280 e. The SMILES string of the molecule is NCC(=O)NCCn1cc(-c2cc(-c3cn[nH]c3-c3cccc(C(F)F)n3)ccc2F)cn1. The van der Waals surface area contributed by atoms with Crippen LogP contribution < -0.4 is 11.1 Å². The number of nitrogens with one attached hydrogen (secondary N) is 2. The molecule has 4 rings (SSSR count). The van der Waals surface area contributed by atoms with E-state index in [2.05, 4.69) is 25.6 Å². The summed E-state index contributed by atoms with van der Waals surface area (Å²) >= 11 is 0. The van der Waals surface area contributed by atoms with Crippen LogP contribution in [0, 0.1) is 5.82 Å². The van der Waals surface area contributed by atoms with Crippen LogP contribution in [-0.2, 0) is 11.3 Å². The Hall–Kier alpha value is -3.99. The first-order valence-corrected chi connectivity index (χ1v) is 10.0. The number of nitrogens with two attached hydrogens (primary N) is 1. The maximum Gasteiger partial charge on any atom is 0.280 e. The van der Waals surface area contributed by atoms with E-state index in [9.17, 15) is 18.0 Å². The van der Waals surface area contributed by atoms with E-state index < -0.39 is 12.2 Å². The number of nitrogens with zero attached hydrogens (tertiary/aromatic N) is 4. The van der Waals surface area contributed by atoms with Gasteiger partial charge in [-0.25, -0.2) is 18.2 Å². The van der Waals surface area contributed by atoms with Gasteiger partial charge in [-0.2, -0.15) is 10.2 Å². The second-order valence-electron chi connectivity index (χ2n) is 7.15. The summed E-state index contributed by atoms with van der Waals surface area (Å²) in [4.78, 5) is 15.2. The molecule has 3 aromatic heterocycles. The fraction of sp³-hybridized carbons (Fsp3) is 0.182. The number of hydrogen-bond donors (Lipinski definition) is 3. The minimum absolute atomic E-state index is 0.0969. The van der Waals surface area contributed by atoms with Crippen molar-refractivity contribution in [2.75, 3.05) is 13.1 Å². The molecule has 170 valence electrons. The lowest BCUT2D eigenvalue weighted by molar-refractivity contribution is -0.119. The Morgan fingerprint density at radius 1 is 1.15 bits per heavy atom. The molecule has 1 aromatic carbocycles. The van der Waals surface area contributed by atoms with Crippen molar-refractivity contribution >= 4 is 5.91 Å². The zero-order chi connectivity index (χ0) is 23.4. The van der Waals surface area contributed by atoms with Gasteiger partial charge in [0.05, 0.1) is 36.9 Å². The van der Waals surface area contributed by atoms with E-state index in [0.717, 1.165) is 0 Å². The highest BCUT2D eigenvalue weighted by Gasteiger charge is 2.17. The number of alkyl halides is 2. The van der Waals surface area contributed by atoms with Crippen LogP contribution in [0.4, 0.5) is 13.2 Å². The molecule has 0 saturated heterocycles. The van der Waals surface area contributed by atoms with Crippen LogP contribution in [0.5, 0.6) is 0 Å². The van der Waals surface area contributed by atoms with Crippen LogP contribution >= 0.6 is 0 Å².